The minimum absolute atomic E-state index is 0.0505. The molecule has 0 aliphatic rings. The molecule has 0 atom stereocenters. The minimum Gasteiger partial charge on any atom is -0.396 e. The van der Waals surface area contributed by atoms with Crippen LogP contribution in [0.1, 0.15) is 13.3 Å². The lowest BCUT2D eigenvalue weighted by Crippen LogP contribution is -2.25. The fraction of sp³-hybridized carbons (Fsp3) is 0.273. The lowest BCUT2D eigenvalue weighted by molar-refractivity contribution is 0.582. The fourth-order valence-corrected chi connectivity index (χ4v) is 3.00. The highest BCUT2D eigenvalue weighted by molar-refractivity contribution is 7.89. The molecule has 0 aliphatic heterocycles. The van der Waals surface area contributed by atoms with E-state index in [0.717, 1.165) is 0 Å². The Balaban J connectivity index is 2.98. The number of rotatable bonds is 4. The molecule has 0 saturated carbocycles. The molecule has 0 unspecified atom stereocenters. The largest absolute Gasteiger partial charge is 0.396 e. The van der Waals surface area contributed by atoms with Crippen LogP contribution in [-0.2, 0) is 10.0 Å². The van der Waals surface area contributed by atoms with Crippen LogP contribution in [0.25, 0.3) is 0 Å². The molecule has 1 aromatic rings. The lowest BCUT2D eigenvalue weighted by Gasteiger charge is -2.09. The maximum absolute atomic E-state index is 11.9. The molecule has 1 rings (SSSR count). The van der Waals surface area contributed by atoms with Crippen molar-refractivity contribution in [2.45, 2.75) is 18.2 Å². The van der Waals surface area contributed by atoms with Crippen molar-refractivity contribution in [1.29, 1.82) is 0 Å². The Morgan fingerprint density at radius 3 is 2.67 bits per heavy atom. The van der Waals surface area contributed by atoms with Crippen molar-refractivity contribution in [3.63, 3.8) is 0 Å². The second-order valence-electron chi connectivity index (χ2n) is 3.35. The molecule has 18 heavy (non-hydrogen) atoms. The zero-order valence-corrected chi connectivity index (χ0v) is 12.0. The Kier molecular flexibility index (Phi) is 5.29. The van der Waals surface area contributed by atoms with Gasteiger partial charge in [0.05, 0.1) is 15.7 Å². The van der Waals surface area contributed by atoms with Gasteiger partial charge in [0.15, 0.2) is 0 Å². The highest BCUT2D eigenvalue weighted by Gasteiger charge is 2.19. The van der Waals surface area contributed by atoms with Gasteiger partial charge >= 0.3 is 0 Å². The number of benzene rings is 1. The third kappa shape index (κ3) is 3.53. The average Bonchev–Trinajstić information content (AvgIpc) is 2.31. The van der Waals surface area contributed by atoms with E-state index in [2.05, 4.69) is 16.6 Å². The summed E-state index contributed by atoms with van der Waals surface area (Å²) in [6.07, 6.45) is 0.427. The van der Waals surface area contributed by atoms with Crippen LogP contribution in [0.2, 0.25) is 10.0 Å². The van der Waals surface area contributed by atoms with Crippen molar-refractivity contribution >= 4 is 38.9 Å². The Bertz CT molecular complexity index is 603. The van der Waals surface area contributed by atoms with Gasteiger partial charge in [0.1, 0.15) is 4.90 Å². The summed E-state index contributed by atoms with van der Waals surface area (Å²) in [7, 11) is -3.70. The van der Waals surface area contributed by atoms with Gasteiger partial charge in [0.25, 0.3) is 0 Å². The Hall–Kier alpha value is -0.930. The maximum atomic E-state index is 11.9. The first-order valence-electron chi connectivity index (χ1n) is 5.03. The number of nitrogens with one attached hydrogen (secondary N) is 1. The van der Waals surface area contributed by atoms with E-state index in [4.69, 9.17) is 28.9 Å². The second-order valence-corrected chi connectivity index (χ2v) is 5.87. The first-order valence-corrected chi connectivity index (χ1v) is 7.27. The molecule has 0 aliphatic carbocycles. The molecule has 0 bridgehead atoms. The van der Waals surface area contributed by atoms with E-state index in [1.165, 1.54) is 12.1 Å². The smallest absolute Gasteiger partial charge is 0.242 e. The van der Waals surface area contributed by atoms with Crippen molar-refractivity contribution < 1.29 is 8.42 Å². The molecular weight excluding hydrogens is 295 g/mol. The molecule has 1 aromatic carbocycles. The van der Waals surface area contributed by atoms with Gasteiger partial charge in [-0.25, -0.2) is 13.1 Å². The zero-order chi connectivity index (χ0) is 13.8. The number of halogens is 2. The van der Waals surface area contributed by atoms with Crippen molar-refractivity contribution in [3.8, 4) is 11.8 Å². The topological polar surface area (TPSA) is 72.2 Å². The maximum Gasteiger partial charge on any atom is 0.242 e. The Morgan fingerprint density at radius 1 is 1.39 bits per heavy atom. The molecule has 0 amide bonds. The Labute approximate surface area is 117 Å². The van der Waals surface area contributed by atoms with Gasteiger partial charge in [-0.2, -0.15) is 0 Å². The van der Waals surface area contributed by atoms with Gasteiger partial charge in [-0.1, -0.05) is 23.2 Å². The monoisotopic (exact) mass is 306 g/mol. The molecule has 7 heteroatoms. The first-order chi connectivity index (χ1) is 8.40. The van der Waals surface area contributed by atoms with E-state index >= 15 is 0 Å². The van der Waals surface area contributed by atoms with Crippen molar-refractivity contribution in [2.75, 3.05) is 12.3 Å². The van der Waals surface area contributed by atoms with Gasteiger partial charge in [-0.15, -0.1) is 11.8 Å². The highest BCUT2D eigenvalue weighted by Crippen LogP contribution is 2.32. The molecule has 0 saturated heterocycles. The number of nitrogen functional groups attached to an aromatic ring is 1. The molecule has 0 fully saturated rings. The molecule has 4 nitrogen and oxygen atoms in total. The predicted molar refractivity (Wildman–Crippen MR) is 74.1 cm³/mol. The summed E-state index contributed by atoms with van der Waals surface area (Å²) in [5.41, 5.74) is 5.63. The summed E-state index contributed by atoms with van der Waals surface area (Å²) >= 11 is 11.6. The van der Waals surface area contributed by atoms with Crippen LogP contribution in [0.5, 0.6) is 0 Å². The number of anilines is 1. The van der Waals surface area contributed by atoms with E-state index in [-0.39, 0.29) is 27.2 Å². The van der Waals surface area contributed by atoms with Gasteiger partial charge < -0.3 is 5.73 Å². The van der Waals surface area contributed by atoms with E-state index in [1.54, 1.807) is 6.92 Å². The number of hydrogen-bond acceptors (Lipinski definition) is 3. The lowest BCUT2D eigenvalue weighted by atomic mass is 10.3. The van der Waals surface area contributed by atoms with Crippen LogP contribution in [-0.4, -0.2) is 15.0 Å². The zero-order valence-electron chi connectivity index (χ0n) is 9.63. The normalized spacial score (nSPS) is 10.8. The van der Waals surface area contributed by atoms with Crippen molar-refractivity contribution in [1.82, 2.24) is 4.72 Å². The average molecular weight is 307 g/mol. The van der Waals surface area contributed by atoms with E-state index in [9.17, 15) is 8.42 Å². The summed E-state index contributed by atoms with van der Waals surface area (Å²) < 4.78 is 26.3. The van der Waals surface area contributed by atoms with E-state index in [1.807, 2.05) is 0 Å². The molecule has 98 valence electrons. The van der Waals surface area contributed by atoms with Crippen LogP contribution < -0.4 is 10.5 Å². The molecule has 3 N–H and O–H groups in total. The number of hydrogen-bond donors (Lipinski definition) is 2. The summed E-state index contributed by atoms with van der Waals surface area (Å²) in [6, 6.07) is 2.71. The predicted octanol–water partition coefficient (Wildman–Crippen LogP) is 2.27. The summed E-state index contributed by atoms with van der Waals surface area (Å²) in [5.74, 6) is 5.43. The summed E-state index contributed by atoms with van der Waals surface area (Å²) in [5, 5.41) is 0.146. The van der Waals surface area contributed by atoms with Gasteiger partial charge in [0.2, 0.25) is 10.0 Å². The van der Waals surface area contributed by atoms with Crippen LogP contribution >= 0.6 is 23.2 Å². The molecule has 0 spiro atoms. The fourth-order valence-electron chi connectivity index (χ4n) is 1.21. The summed E-state index contributed by atoms with van der Waals surface area (Å²) in [6.45, 7) is 1.90. The minimum atomic E-state index is -3.70. The third-order valence-electron chi connectivity index (χ3n) is 2.10. The van der Waals surface area contributed by atoms with Crippen molar-refractivity contribution in [2.24, 2.45) is 0 Å². The SMILES string of the molecule is CC#CCCNS(=O)(=O)c1ccc(Cl)c(N)c1Cl. The highest BCUT2D eigenvalue weighted by atomic mass is 35.5. The number of nitrogens with two attached hydrogens (primary N) is 1. The van der Waals surface area contributed by atoms with Crippen molar-refractivity contribution in [3.05, 3.63) is 22.2 Å². The standard InChI is InChI=1S/C11H12Cl2N2O2S/c1-2-3-4-7-15-18(16,17)9-6-5-8(12)11(14)10(9)13/h5-6,15H,4,7,14H2,1H3. The molecule has 0 radical (unpaired) electrons. The second kappa shape index (κ2) is 6.30. The molecular formula is C11H12Cl2N2O2S. The van der Waals surface area contributed by atoms with E-state index < -0.39 is 10.0 Å². The Morgan fingerprint density at radius 2 is 2.06 bits per heavy atom. The van der Waals surface area contributed by atoms with Gasteiger partial charge in [-0.3, -0.25) is 0 Å². The van der Waals surface area contributed by atoms with E-state index in [0.29, 0.717) is 6.42 Å². The molecule has 0 aromatic heterocycles. The van der Waals surface area contributed by atoms with Crippen LogP contribution in [0.15, 0.2) is 17.0 Å². The van der Waals surface area contributed by atoms with Crippen LogP contribution in [0.3, 0.4) is 0 Å². The van der Waals surface area contributed by atoms with Crippen LogP contribution in [0, 0.1) is 11.8 Å². The first kappa shape index (κ1) is 15.1. The van der Waals surface area contributed by atoms with Gasteiger partial charge in [0, 0.05) is 13.0 Å². The molecule has 0 heterocycles. The quantitative estimate of drug-likeness (QED) is 0.509. The van der Waals surface area contributed by atoms with Crippen LogP contribution in [0.4, 0.5) is 5.69 Å². The third-order valence-corrected chi connectivity index (χ3v) is 4.45. The summed E-state index contributed by atoms with van der Waals surface area (Å²) in [4.78, 5) is -0.0875. The number of sulfonamides is 1. The van der Waals surface area contributed by atoms with Gasteiger partial charge in [-0.05, 0) is 19.1 Å².